The molecule has 0 spiro atoms. The van der Waals surface area contributed by atoms with Crippen LogP contribution in [-0.4, -0.2) is 68.6 Å². The Kier molecular flexibility index (Phi) is 7.41. The molecule has 1 heterocycles. The number of anilines is 1. The largest absolute Gasteiger partial charge is 0.495 e. The summed E-state index contributed by atoms with van der Waals surface area (Å²) in [5.41, 5.74) is 3.47. The topological polar surface area (TPSA) is 71.1 Å². The second-order valence-corrected chi connectivity index (χ2v) is 8.01. The van der Waals surface area contributed by atoms with Gasteiger partial charge in [-0.3, -0.25) is 14.5 Å². The first-order valence-corrected chi connectivity index (χ1v) is 10.5. The van der Waals surface area contributed by atoms with Crippen LogP contribution in [0.5, 0.6) is 11.5 Å². The molecule has 0 saturated carbocycles. The minimum atomic E-state index is -0.173. The van der Waals surface area contributed by atoms with E-state index in [1.165, 1.54) is 19.8 Å². The van der Waals surface area contributed by atoms with Crippen LogP contribution in [0.3, 0.4) is 0 Å². The van der Waals surface area contributed by atoms with Gasteiger partial charge in [0.05, 0.1) is 31.5 Å². The molecule has 2 aromatic rings. The first kappa shape index (κ1) is 22.9. The molecule has 166 valence electrons. The maximum Gasteiger partial charge on any atom is 0.253 e. The van der Waals surface area contributed by atoms with Crippen molar-refractivity contribution in [2.75, 3.05) is 52.3 Å². The average molecular weight is 446 g/mol. The summed E-state index contributed by atoms with van der Waals surface area (Å²) in [7, 11) is 3.04. The van der Waals surface area contributed by atoms with Gasteiger partial charge in [0.2, 0.25) is 5.91 Å². The zero-order chi connectivity index (χ0) is 22.5. The molecule has 3 rings (SSSR count). The van der Waals surface area contributed by atoms with E-state index in [9.17, 15) is 9.59 Å². The monoisotopic (exact) mass is 445 g/mol. The number of nitrogens with one attached hydrogen (secondary N) is 1. The lowest BCUT2D eigenvalue weighted by atomic mass is 10.1. The Morgan fingerprint density at radius 3 is 2.26 bits per heavy atom. The molecule has 7 nitrogen and oxygen atoms in total. The average Bonchev–Trinajstić information content (AvgIpc) is 2.76. The number of piperazine rings is 1. The number of carbonyl (C=O) groups excluding carboxylic acids is 2. The third-order valence-electron chi connectivity index (χ3n) is 5.53. The van der Waals surface area contributed by atoms with Crippen molar-refractivity contribution in [1.82, 2.24) is 9.80 Å². The van der Waals surface area contributed by atoms with Gasteiger partial charge in [0, 0.05) is 37.8 Å². The summed E-state index contributed by atoms with van der Waals surface area (Å²) in [6, 6.07) is 9.03. The second-order valence-electron chi connectivity index (χ2n) is 7.60. The number of nitrogens with zero attached hydrogens (tertiary/aromatic N) is 2. The van der Waals surface area contributed by atoms with Gasteiger partial charge >= 0.3 is 0 Å². The van der Waals surface area contributed by atoms with E-state index in [1.807, 2.05) is 41.8 Å². The second kappa shape index (κ2) is 10.0. The zero-order valence-electron chi connectivity index (χ0n) is 18.3. The quantitative estimate of drug-likeness (QED) is 0.738. The summed E-state index contributed by atoms with van der Waals surface area (Å²) in [5.74, 6) is 0.803. The van der Waals surface area contributed by atoms with Crippen LogP contribution >= 0.6 is 11.6 Å². The van der Waals surface area contributed by atoms with Crippen molar-refractivity contribution in [3.63, 3.8) is 0 Å². The van der Waals surface area contributed by atoms with Crippen LogP contribution in [-0.2, 0) is 4.79 Å². The van der Waals surface area contributed by atoms with E-state index in [0.717, 1.165) is 5.56 Å². The van der Waals surface area contributed by atoms with Gasteiger partial charge in [0.25, 0.3) is 5.91 Å². The molecule has 8 heteroatoms. The number of carbonyl (C=O) groups is 2. The Labute approximate surface area is 187 Å². The van der Waals surface area contributed by atoms with Crippen LogP contribution in [0.2, 0.25) is 5.02 Å². The molecular weight excluding hydrogens is 418 g/mol. The molecule has 2 aromatic carbocycles. The lowest BCUT2D eigenvalue weighted by Gasteiger charge is -2.34. The summed E-state index contributed by atoms with van der Waals surface area (Å²) >= 11 is 6.17. The van der Waals surface area contributed by atoms with Gasteiger partial charge in [-0.05, 0) is 43.2 Å². The molecule has 1 aliphatic rings. The number of halogens is 1. The molecule has 2 amide bonds. The maximum absolute atomic E-state index is 12.8. The molecule has 0 atom stereocenters. The lowest BCUT2D eigenvalue weighted by molar-refractivity contribution is -0.117. The number of ether oxygens (including phenoxy) is 2. The Morgan fingerprint density at radius 1 is 0.968 bits per heavy atom. The van der Waals surface area contributed by atoms with Crippen LogP contribution in [0.1, 0.15) is 21.5 Å². The highest BCUT2D eigenvalue weighted by molar-refractivity contribution is 6.32. The van der Waals surface area contributed by atoms with E-state index in [1.54, 1.807) is 12.1 Å². The first-order chi connectivity index (χ1) is 14.8. The molecule has 0 bridgehead atoms. The molecule has 0 aliphatic carbocycles. The van der Waals surface area contributed by atoms with Crippen LogP contribution in [0.4, 0.5) is 5.69 Å². The fourth-order valence-corrected chi connectivity index (χ4v) is 3.76. The van der Waals surface area contributed by atoms with Crippen LogP contribution in [0.15, 0.2) is 30.3 Å². The van der Waals surface area contributed by atoms with Crippen molar-refractivity contribution in [2.45, 2.75) is 13.8 Å². The van der Waals surface area contributed by atoms with Crippen molar-refractivity contribution in [2.24, 2.45) is 0 Å². The van der Waals surface area contributed by atoms with E-state index in [2.05, 4.69) is 5.32 Å². The number of hydrogen-bond acceptors (Lipinski definition) is 5. The molecular formula is C23H28ClN3O4. The molecule has 1 saturated heterocycles. The highest BCUT2D eigenvalue weighted by atomic mass is 35.5. The van der Waals surface area contributed by atoms with Gasteiger partial charge in [-0.1, -0.05) is 17.7 Å². The third kappa shape index (κ3) is 5.48. The highest BCUT2D eigenvalue weighted by Gasteiger charge is 2.24. The van der Waals surface area contributed by atoms with Gasteiger partial charge in [-0.2, -0.15) is 0 Å². The molecule has 31 heavy (non-hydrogen) atoms. The van der Waals surface area contributed by atoms with Gasteiger partial charge < -0.3 is 19.7 Å². The number of methoxy groups -OCH3 is 2. The summed E-state index contributed by atoms with van der Waals surface area (Å²) in [4.78, 5) is 29.2. The van der Waals surface area contributed by atoms with Crippen LogP contribution in [0.25, 0.3) is 0 Å². The Morgan fingerprint density at radius 2 is 1.65 bits per heavy atom. The van der Waals surface area contributed by atoms with E-state index in [4.69, 9.17) is 21.1 Å². The minimum absolute atomic E-state index is 0.0322. The van der Waals surface area contributed by atoms with Gasteiger partial charge in [-0.15, -0.1) is 0 Å². The van der Waals surface area contributed by atoms with Crippen molar-refractivity contribution in [3.8, 4) is 11.5 Å². The molecule has 0 unspecified atom stereocenters. The van der Waals surface area contributed by atoms with Crippen molar-refractivity contribution in [3.05, 3.63) is 52.0 Å². The summed E-state index contributed by atoms with van der Waals surface area (Å²) < 4.78 is 10.5. The molecule has 1 N–H and O–H groups in total. The highest BCUT2D eigenvalue weighted by Crippen LogP contribution is 2.35. The fourth-order valence-electron chi connectivity index (χ4n) is 3.52. The summed E-state index contributed by atoms with van der Waals surface area (Å²) in [5, 5.41) is 3.23. The minimum Gasteiger partial charge on any atom is -0.495 e. The number of hydrogen-bond donors (Lipinski definition) is 1. The zero-order valence-corrected chi connectivity index (χ0v) is 19.1. The van der Waals surface area contributed by atoms with Gasteiger partial charge in [-0.25, -0.2) is 0 Å². The normalized spacial score (nSPS) is 14.3. The van der Waals surface area contributed by atoms with Crippen molar-refractivity contribution >= 4 is 29.1 Å². The number of amides is 2. The molecule has 0 aromatic heterocycles. The number of aryl methyl sites for hydroxylation is 2. The van der Waals surface area contributed by atoms with Crippen molar-refractivity contribution in [1.29, 1.82) is 0 Å². The van der Waals surface area contributed by atoms with Gasteiger partial charge in [0.15, 0.2) is 0 Å². The maximum atomic E-state index is 12.8. The number of benzene rings is 2. The standard InChI is InChI=1S/C23H28ClN3O4/c1-15-5-6-17(11-16(15)2)23(29)27-9-7-26(8-10-27)14-22(28)25-19-12-18(24)20(30-3)13-21(19)31-4/h5-6,11-13H,7-10,14H2,1-4H3,(H,25,28). The van der Waals surface area contributed by atoms with Crippen LogP contribution in [0, 0.1) is 13.8 Å². The first-order valence-electron chi connectivity index (χ1n) is 10.1. The lowest BCUT2D eigenvalue weighted by Crippen LogP contribution is -2.50. The SMILES string of the molecule is COc1cc(OC)c(NC(=O)CN2CCN(C(=O)c3ccc(C)c(C)c3)CC2)cc1Cl. The van der Waals surface area contributed by atoms with E-state index >= 15 is 0 Å². The molecule has 1 aliphatic heterocycles. The third-order valence-corrected chi connectivity index (χ3v) is 5.82. The fraction of sp³-hybridized carbons (Fsp3) is 0.391. The Bertz CT molecular complexity index is 972. The Hall–Kier alpha value is -2.77. The van der Waals surface area contributed by atoms with Crippen LogP contribution < -0.4 is 14.8 Å². The van der Waals surface area contributed by atoms with E-state index in [-0.39, 0.29) is 18.4 Å². The van der Waals surface area contributed by atoms with E-state index in [0.29, 0.717) is 54.0 Å². The summed E-state index contributed by atoms with van der Waals surface area (Å²) in [6.07, 6.45) is 0. The van der Waals surface area contributed by atoms with Crippen molar-refractivity contribution < 1.29 is 19.1 Å². The predicted octanol–water partition coefficient (Wildman–Crippen LogP) is 3.37. The molecule has 1 fully saturated rings. The smallest absolute Gasteiger partial charge is 0.253 e. The molecule has 0 radical (unpaired) electrons. The van der Waals surface area contributed by atoms with E-state index < -0.39 is 0 Å². The van der Waals surface area contributed by atoms with Gasteiger partial charge in [0.1, 0.15) is 11.5 Å². The predicted molar refractivity (Wildman–Crippen MR) is 121 cm³/mol. The number of rotatable bonds is 6. The summed E-state index contributed by atoms with van der Waals surface area (Å²) in [6.45, 7) is 6.68. The Balaban J connectivity index is 1.55.